The van der Waals surface area contributed by atoms with Gasteiger partial charge in [0.05, 0.1) is 0 Å². The van der Waals surface area contributed by atoms with Crippen LogP contribution in [0.25, 0.3) is 0 Å². The number of rotatable bonds is 4. The summed E-state index contributed by atoms with van der Waals surface area (Å²) in [5, 5.41) is 0. The van der Waals surface area contributed by atoms with E-state index in [-0.39, 0.29) is 5.91 Å². The quantitative estimate of drug-likeness (QED) is 0.840. The molecule has 0 bridgehead atoms. The zero-order valence-electron chi connectivity index (χ0n) is 11.9. The molecule has 0 atom stereocenters. The summed E-state index contributed by atoms with van der Waals surface area (Å²) in [6.07, 6.45) is 5.77. The Labute approximate surface area is 133 Å². The van der Waals surface area contributed by atoms with Gasteiger partial charge in [-0.2, -0.15) is 0 Å². The van der Waals surface area contributed by atoms with Crippen molar-refractivity contribution in [2.45, 2.75) is 32.4 Å². The van der Waals surface area contributed by atoms with Gasteiger partial charge in [0.15, 0.2) is 0 Å². The number of nitrogens with zero attached hydrogens (tertiary/aromatic N) is 2. The summed E-state index contributed by atoms with van der Waals surface area (Å²) in [6, 6.07) is 10.1. The highest BCUT2D eigenvalue weighted by atomic mass is 79.9. The SMILES string of the molecule is Cc1ccc(C(=O)N(Cc2cccnc2)C2CC2)cc1Br. The van der Waals surface area contributed by atoms with Crippen molar-refractivity contribution in [3.8, 4) is 0 Å². The molecular formula is C17H17BrN2O. The van der Waals surface area contributed by atoms with Crippen LogP contribution in [0.5, 0.6) is 0 Å². The molecule has 1 aromatic carbocycles. The highest BCUT2D eigenvalue weighted by molar-refractivity contribution is 9.10. The second kappa shape index (κ2) is 5.98. The van der Waals surface area contributed by atoms with E-state index in [2.05, 4.69) is 20.9 Å². The van der Waals surface area contributed by atoms with Gasteiger partial charge < -0.3 is 4.90 Å². The lowest BCUT2D eigenvalue weighted by Crippen LogP contribution is -2.32. The minimum atomic E-state index is 0.0991. The largest absolute Gasteiger partial charge is 0.331 e. The number of halogens is 1. The average molecular weight is 345 g/mol. The summed E-state index contributed by atoms with van der Waals surface area (Å²) in [5.74, 6) is 0.0991. The molecule has 4 heteroatoms. The van der Waals surface area contributed by atoms with E-state index in [1.807, 2.05) is 48.4 Å². The molecule has 3 rings (SSSR count). The second-order valence-electron chi connectivity index (χ2n) is 5.49. The molecule has 0 spiro atoms. The highest BCUT2D eigenvalue weighted by Gasteiger charge is 2.33. The van der Waals surface area contributed by atoms with Crippen LogP contribution < -0.4 is 0 Å². The number of benzene rings is 1. The number of hydrogen-bond donors (Lipinski definition) is 0. The molecule has 1 saturated carbocycles. The molecule has 0 N–H and O–H groups in total. The standard InChI is InChI=1S/C17H17BrN2O/c1-12-4-5-14(9-16(12)18)17(21)20(15-6-7-15)11-13-3-2-8-19-10-13/h2-5,8-10,15H,6-7,11H2,1H3. The molecule has 0 saturated heterocycles. The molecule has 1 fully saturated rings. The van der Waals surface area contributed by atoms with Gasteiger partial charge in [0.25, 0.3) is 5.91 Å². The Hall–Kier alpha value is -1.68. The van der Waals surface area contributed by atoms with Gasteiger partial charge in [-0.1, -0.05) is 28.1 Å². The van der Waals surface area contributed by atoms with Gasteiger partial charge in [-0.05, 0) is 49.1 Å². The fourth-order valence-electron chi connectivity index (χ4n) is 2.33. The number of pyridine rings is 1. The Bertz CT molecular complexity index is 653. The Morgan fingerprint density at radius 3 is 2.81 bits per heavy atom. The fraction of sp³-hybridized carbons (Fsp3) is 0.294. The third-order valence-corrected chi connectivity index (χ3v) is 4.60. The summed E-state index contributed by atoms with van der Waals surface area (Å²) in [5.41, 5.74) is 2.95. The van der Waals surface area contributed by atoms with Crippen molar-refractivity contribution < 1.29 is 4.79 Å². The number of amides is 1. The minimum absolute atomic E-state index is 0.0991. The van der Waals surface area contributed by atoms with Crippen LogP contribution in [0.4, 0.5) is 0 Å². The van der Waals surface area contributed by atoms with Crippen LogP contribution >= 0.6 is 15.9 Å². The lowest BCUT2D eigenvalue weighted by molar-refractivity contribution is 0.0729. The van der Waals surface area contributed by atoms with Gasteiger partial charge in [-0.25, -0.2) is 0 Å². The van der Waals surface area contributed by atoms with Gasteiger partial charge in [0.2, 0.25) is 0 Å². The fourth-order valence-corrected chi connectivity index (χ4v) is 2.71. The van der Waals surface area contributed by atoms with E-state index in [9.17, 15) is 4.79 Å². The zero-order valence-corrected chi connectivity index (χ0v) is 13.5. The van der Waals surface area contributed by atoms with E-state index < -0.39 is 0 Å². The van der Waals surface area contributed by atoms with Crippen molar-refractivity contribution in [3.63, 3.8) is 0 Å². The van der Waals surface area contributed by atoms with Crippen molar-refractivity contribution in [2.24, 2.45) is 0 Å². The van der Waals surface area contributed by atoms with Gasteiger partial charge in [-0.15, -0.1) is 0 Å². The summed E-state index contributed by atoms with van der Waals surface area (Å²) in [6.45, 7) is 2.65. The summed E-state index contributed by atoms with van der Waals surface area (Å²) >= 11 is 3.50. The maximum absolute atomic E-state index is 12.8. The molecule has 1 aliphatic rings. The molecule has 21 heavy (non-hydrogen) atoms. The first-order chi connectivity index (χ1) is 10.1. The molecule has 1 aliphatic carbocycles. The van der Waals surface area contributed by atoms with E-state index in [1.54, 1.807) is 6.20 Å². The van der Waals surface area contributed by atoms with Crippen LogP contribution in [0.2, 0.25) is 0 Å². The topological polar surface area (TPSA) is 33.2 Å². The van der Waals surface area contributed by atoms with Crippen LogP contribution in [-0.2, 0) is 6.54 Å². The number of aryl methyl sites for hydroxylation is 1. The predicted octanol–water partition coefficient (Wildman–Crippen LogP) is 3.96. The van der Waals surface area contributed by atoms with E-state index in [0.29, 0.717) is 12.6 Å². The Balaban J connectivity index is 1.83. The molecule has 0 aliphatic heterocycles. The Morgan fingerprint density at radius 2 is 2.19 bits per heavy atom. The number of carbonyl (C=O) groups excluding carboxylic acids is 1. The Kier molecular flexibility index (Phi) is 4.06. The van der Waals surface area contributed by atoms with E-state index >= 15 is 0 Å². The lowest BCUT2D eigenvalue weighted by Gasteiger charge is -2.22. The highest BCUT2D eigenvalue weighted by Crippen LogP contribution is 2.30. The van der Waals surface area contributed by atoms with Crippen LogP contribution in [0, 0.1) is 6.92 Å². The summed E-state index contributed by atoms with van der Waals surface area (Å²) in [7, 11) is 0. The van der Waals surface area contributed by atoms with Crippen LogP contribution in [0.3, 0.4) is 0 Å². The maximum atomic E-state index is 12.8. The average Bonchev–Trinajstić information content (AvgIpc) is 3.33. The molecule has 2 aromatic rings. The molecular weight excluding hydrogens is 328 g/mol. The monoisotopic (exact) mass is 344 g/mol. The first kappa shape index (κ1) is 14.3. The molecule has 1 aromatic heterocycles. The minimum Gasteiger partial charge on any atom is -0.331 e. The lowest BCUT2D eigenvalue weighted by atomic mass is 10.1. The Morgan fingerprint density at radius 1 is 1.38 bits per heavy atom. The van der Waals surface area contributed by atoms with Crippen molar-refractivity contribution in [1.29, 1.82) is 0 Å². The molecule has 1 amide bonds. The van der Waals surface area contributed by atoms with Crippen molar-refractivity contribution >= 4 is 21.8 Å². The van der Waals surface area contributed by atoms with Crippen LogP contribution in [0.1, 0.15) is 34.3 Å². The van der Waals surface area contributed by atoms with Crippen molar-refractivity contribution in [2.75, 3.05) is 0 Å². The first-order valence-corrected chi connectivity index (χ1v) is 7.90. The first-order valence-electron chi connectivity index (χ1n) is 7.11. The number of carbonyl (C=O) groups is 1. The normalized spacial score (nSPS) is 14.0. The van der Waals surface area contributed by atoms with Crippen molar-refractivity contribution in [3.05, 3.63) is 63.9 Å². The zero-order chi connectivity index (χ0) is 14.8. The second-order valence-corrected chi connectivity index (χ2v) is 6.34. The van der Waals surface area contributed by atoms with E-state index in [1.165, 1.54) is 0 Å². The van der Waals surface area contributed by atoms with Crippen LogP contribution in [0.15, 0.2) is 47.2 Å². The maximum Gasteiger partial charge on any atom is 0.254 e. The molecule has 0 radical (unpaired) electrons. The summed E-state index contributed by atoms with van der Waals surface area (Å²) < 4.78 is 0.977. The van der Waals surface area contributed by atoms with Gasteiger partial charge in [-0.3, -0.25) is 9.78 Å². The third kappa shape index (κ3) is 3.32. The number of hydrogen-bond acceptors (Lipinski definition) is 2. The molecule has 0 unspecified atom stereocenters. The van der Waals surface area contributed by atoms with Gasteiger partial charge >= 0.3 is 0 Å². The van der Waals surface area contributed by atoms with E-state index in [0.717, 1.165) is 34.0 Å². The van der Waals surface area contributed by atoms with Gasteiger partial charge in [0.1, 0.15) is 0 Å². The summed E-state index contributed by atoms with van der Waals surface area (Å²) in [4.78, 5) is 18.9. The van der Waals surface area contributed by atoms with Crippen LogP contribution in [-0.4, -0.2) is 21.8 Å². The molecule has 1 heterocycles. The predicted molar refractivity (Wildman–Crippen MR) is 86.0 cm³/mol. The van der Waals surface area contributed by atoms with Crippen molar-refractivity contribution in [1.82, 2.24) is 9.88 Å². The van der Waals surface area contributed by atoms with E-state index in [4.69, 9.17) is 0 Å². The van der Waals surface area contributed by atoms with Gasteiger partial charge in [0, 0.05) is 35.0 Å². The molecule has 108 valence electrons. The third-order valence-electron chi connectivity index (χ3n) is 3.74. The molecule has 3 nitrogen and oxygen atoms in total. The smallest absolute Gasteiger partial charge is 0.254 e. The number of aromatic nitrogens is 1.